The predicted octanol–water partition coefficient (Wildman–Crippen LogP) is 2.27. The Balaban J connectivity index is 2.43. The Morgan fingerprint density at radius 3 is 2.23 bits per heavy atom. The predicted molar refractivity (Wildman–Crippen MR) is 74.0 cm³/mol. The SMILES string of the molecule is O=[N+]([O-])c1cccc(OS(=O)(=O)c2ccccc2[N+](=O)[O-])c1. The minimum Gasteiger partial charge on any atom is -0.379 e. The van der Waals surface area contributed by atoms with E-state index in [0.29, 0.717) is 0 Å². The molecule has 0 saturated carbocycles. The van der Waals surface area contributed by atoms with Crippen LogP contribution in [0.1, 0.15) is 0 Å². The van der Waals surface area contributed by atoms with Crippen LogP contribution in [0.3, 0.4) is 0 Å². The number of para-hydroxylation sites is 1. The number of rotatable bonds is 5. The summed E-state index contributed by atoms with van der Waals surface area (Å²) in [6.07, 6.45) is 0. The maximum absolute atomic E-state index is 12.1. The molecule has 0 unspecified atom stereocenters. The van der Waals surface area contributed by atoms with Gasteiger partial charge in [-0.3, -0.25) is 20.2 Å². The van der Waals surface area contributed by atoms with Crippen molar-refractivity contribution in [1.29, 1.82) is 0 Å². The summed E-state index contributed by atoms with van der Waals surface area (Å²) in [7, 11) is -4.50. The van der Waals surface area contributed by atoms with E-state index in [4.69, 9.17) is 4.18 Å². The van der Waals surface area contributed by atoms with Crippen LogP contribution in [-0.4, -0.2) is 18.3 Å². The number of nitro benzene ring substituents is 2. The lowest BCUT2D eigenvalue weighted by atomic mass is 10.3. The van der Waals surface area contributed by atoms with Gasteiger partial charge in [-0.2, -0.15) is 8.42 Å². The molecule has 2 aromatic carbocycles. The molecule has 0 aliphatic carbocycles. The van der Waals surface area contributed by atoms with Gasteiger partial charge in [0.15, 0.2) is 4.90 Å². The first-order valence-electron chi connectivity index (χ1n) is 5.73. The average molecular weight is 324 g/mol. The van der Waals surface area contributed by atoms with Crippen molar-refractivity contribution in [3.8, 4) is 5.75 Å². The summed E-state index contributed by atoms with van der Waals surface area (Å²) in [5.74, 6) is -0.313. The molecule has 114 valence electrons. The van der Waals surface area contributed by atoms with Crippen molar-refractivity contribution < 1.29 is 22.4 Å². The first-order valence-corrected chi connectivity index (χ1v) is 7.14. The maximum Gasteiger partial charge on any atom is 0.346 e. The normalized spacial score (nSPS) is 10.9. The molecule has 0 fully saturated rings. The van der Waals surface area contributed by atoms with Crippen LogP contribution in [-0.2, 0) is 10.1 Å². The molecule has 2 rings (SSSR count). The first-order chi connectivity index (χ1) is 10.3. The molecule has 0 aliphatic rings. The van der Waals surface area contributed by atoms with Crippen molar-refractivity contribution >= 4 is 21.5 Å². The highest BCUT2D eigenvalue weighted by atomic mass is 32.2. The van der Waals surface area contributed by atoms with Crippen molar-refractivity contribution in [3.05, 3.63) is 68.8 Å². The fourth-order valence-electron chi connectivity index (χ4n) is 1.64. The number of hydrogen-bond acceptors (Lipinski definition) is 7. The van der Waals surface area contributed by atoms with Crippen molar-refractivity contribution in [3.63, 3.8) is 0 Å². The number of hydrogen-bond donors (Lipinski definition) is 0. The van der Waals surface area contributed by atoms with Crippen LogP contribution in [0.5, 0.6) is 5.75 Å². The molecule has 0 radical (unpaired) electrons. The summed E-state index contributed by atoms with van der Waals surface area (Å²) in [6.45, 7) is 0. The summed E-state index contributed by atoms with van der Waals surface area (Å²) >= 11 is 0. The van der Waals surface area contributed by atoms with Crippen molar-refractivity contribution in [2.75, 3.05) is 0 Å². The molecule has 0 saturated heterocycles. The zero-order valence-corrected chi connectivity index (χ0v) is 11.6. The van der Waals surface area contributed by atoms with Gasteiger partial charge in [-0.15, -0.1) is 0 Å². The van der Waals surface area contributed by atoms with Crippen LogP contribution in [0, 0.1) is 20.2 Å². The third-order valence-electron chi connectivity index (χ3n) is 2.57. The van der Waals surface area contributed by atoms with E-state index in [-0.39, 0.29) is 11.4 Å². The smallest absolute Gasteiger partial charge is 0.346 e. The Bertz CT molecular complexity index is 848. The summed E-state index contributed by atoms with van der Waals surface area (Å²) in [4.78, 5) is 19.3. The highest BCUT2D eigenvalue weighted by Crippen LogP contribution is 2.27. The molecule has 0 spiro atoms. The fraction of sp³-hybridized carbons (Fsp3) is 0. The second-order valence-electron chi connectivity index (χ2n) is 4.02. The van der Waals surface area contributed by atoms with Gasteiger partial charge in [-0.25, -0.2) is 0 Å². The lowest BCUT2D eigenvalue weighted by Crippen LogP contribution is -2.12. The molecule has 10 heteroatoms. The van der Waals surface area contributed by atoms with E-state index >= 15 is 0 Å². The third kappa shape index (κ3) is 3.17. The lowest BCUT2D eigenvalue weighted by Gasteiger charge is -2.07. The second kappa shape index (κ2) is 5.77. The third-order valence-corrected chi connectivity index (χ3v) is 3.86. The minimum atomic E-state index is -4.50. The van der Waals surface area contributed by atoms with Crippen LogP contribution in [0.2, 0.25) is 0 Å². The van der Waals surface area contributed by atoms with E-state index in [9.17, 15) is 28.6 Å². The van der Waals surface area contributed by atoms with E-state index in [1.54, 1.807) is 0 Å². The van der Waals surface area contributed by atoms with E-state index < -0.39 is 30.5 Å². The molecule has 0 amide bonds. The minimum absolute atomic E-state index is 0.313. The Hall–Kier alpha value is -3.01. The molecule has 0 bridgehead atoms. The van der Waals surface area contributed by atoms with E-state index in [1.807, 2.05) is 0 Å². The van der Waals surface area contributed by atoms with Gasteiger partial charge in [0, 0.05) is 12.1 Å². The zero-order valence-electron chi connectivity index (χ0n) is 10.8. The van der Waals surface area contributed by atoms with Crippen LogP contribution < -0.4 is 4.18 Å². The van der Waals surface area contributed by atoms with E-state index in [1.165, 1.54) is 24.3 Å². The van der Waals surface area contributed by atoms with Gasteiger partial charge >= 0.3 is 10.1 Å². The number of benzene rings is 2. The zero-order chi connectivity index (χ0) is 16.3. The van der Waals surface area contributed by atoms with Gasteiger partial charge in [0.2, 0.25) is 0 Å². The van der Waals surface area contributed by atoms with Crippen molar-refractivity contribution in [2.45, 2.75) is 4.90 Å². The molecule has 9 nitrogen and oxygen atoms in total. The van der Waals surface area contributed by atoms with Gasteiger partial charge < -0.3 is 4.18 Å². The van der Waals surface area contributed by atoms with E-state index in [0.717, 1.165) is 24.3 Å². The average Bonchev–Trinajstić information content (AvgIpc) is 2.47. The molecule has 22 heavy (non-hydrogen) atoms. The summed E-state index contributed by atoms with van der Waals surface area (Å²) in [6, 6.07) is 9.15. The molecule has 0 aromatic heterocycles. The van der Waals surface area contributed by atoms with Crippen molar-refractivity contribution in [1.82, 2.24) is 0 Å². The number of non-ortho nitro benzene ring substituents is 1. The topological polar surface area (TPSA) is 130 Å². The molecule has 0 N–H and O–H groups in total. The Morgan fingerprint density at radius 1 is 0.909 bits per heavy atom. The quantitative estimate of drug-likeness (QED) is 0.468. The fourth-order valence-corrected chi connectivity index (χ4v) is 2.73. The molecule has 0 heterocycles. The lowest BCUT2D eigenvalue weighted by molar-refractivity contribution is -0.387. The first kappa shape index (κ1) is 15.4. The maximum atomic E-state index is 12.1. The Labute approximate surface area is 124 Å². The summed E-state index contributed by atoms with van der Waals surface area (Å²) in [5, 5.41) is 21.5. The van der Waals surface area contributed by atoms with Gasteiger partial charge in [-0.05, 0) is 12.1 Å². The Morgan fingerprint density at radius 2 is 1.59 bits per heavy atom. The van der Waals surface area contributed by atoms with Crippen molar-refractivity contribution in [2.24, 2.45) is 0 Å². The number of nitro groups is 2. The van der Waals surface area contributed by atoms with Crippen LogP contribution in [0.15, 0.2) is 53.4 Å². The van der Waals surface area contributed by atoms with Crippen LogP contribution >= 0.6 is 0 Å². The number of nitrogens with zero attached hydrogens (tertiary/aromatic N) is 2. The monoisotopic (exact) mass is 324 g/mol. The van der Waals surface area contributed by atoms with E-state index in [2.05, 4.69) is 0 Å². The largest absolute Gasteiger partial charge is 0.379 e. The molecule has 2 aromatic rings. The molecular formula is C12H8N2O7S. The van der Waals surface area contributed by atoms with Crippen LogP contribution in [0.25, 0.3) is 0 Å². The molecule has 0 aliphatic heterocycles. The summed E-state index contributed by atoms with van der Waals surface area (Å²) in [5.41, 5.74) is -1.01. The summed E-state index contributed by atoms with van der Waals surface area (Å²) < 4.78 is 29.0. The van der Waals surface area contributed by atoms with Crippen LogP contribution in [0.4, 0.5) is 11.4 Å². The molecule has 0 atom stereocenters. The standard InChI is InChI=1S/C12H8N2O7S/c15-13(16)9-4-3-5-10(8-9)21-22(19,20)12-7-2-1-6-11(12)14(17)18/h1-8H. The van der Waals surface area contributed by atoms with Gasteiger partial charge in [0.05, 0.1) is 15.9 Å². The molecular weight excluding hydrogens is 316 g/mol. The van der Waals surface area contributed by atoms with Gasteiger partial charge in [-0.1, -0.05) is 18.2 Å². The Kier molecular flexibility index (Phi) is 4.04. The highest BCUT2D eigenvalue weighted by Gasteiger charge is 2.27. The second-order valence-corrected chi connectivity index (χ2v) is 5.53. The van der Waals surface area contributed by atoms with Gasteiger partial charge in [0.1, 0.15) is 5.75 Å². The van der Waals surface area contributed by atoms with Gasteiger partial charge in [0.25, 0.3) is 11.4 Å². The highest BCUT2D eigenvalue weighted by molar-refractivity contribution is 7.87.